The van der Waals surface area contributed by atoms with E-state index < -0.39 is 5.91 Å². The molecule has 0 atom stereocenters. The average Bonchev–Trinajstić information content (AvgIpc) is 2.57. The van der Waals surface area contributed by atoms with E-state index in [2.05, 4.69) is 10.6 Å². The largest absolute Gasteiger partial charge is 0.486 e. The number of hydrogen-bond acceptors (Lipinski definition) is 4. The second-order valence-electron chi connectivity index (χ2n) is 5.01. The molecule has 130 valence electrons. The highest BCUT2D eigenvalue weighted by molar-refractivity contribution is 7.80. The molecule has 25 heavy (non-hydrogen) atoms. The van der Waals surface area contributed by atoms with Crippen LogP contribution in [0.5, 0.6) is 11.5 Å². The fourth-order valence-corrected chi connectivity index (χ4v) is 3.27. The second-order valence-corrected chi connectivity index (χ2v) is 6.67. The lowest BCUT2D eigenvalue weighted by Crippen LogP contribution is -2.34. The number of amides is 1. The molecule has 2 aromatic rings. The Labute approximate surface area is 164 Å². The normalized spacial score (nSPS) is 12.4. The van der Waals surface area contributed by atoms with Gasteiger partial charge in [0.05, 0.1) is 15.7 Å². The van der Waals surface area contributed by atoms with Crippen molar-refractivity contribution in [3.8, 4) is 11.5 Å². The van der Waals surface area contributed by atoms with Gasteiger partial charge in [-0.3, -0.25) is 10.1 Å². The number of carbonyl (C=O) groups excluding carboxylic acids is 1. The van der Waals surface area contributed by atoms with Crippen LogP contribution in [-0.2, 0) is 0 Å². The Kier molecular flexibility index (Phi) is 5.54. The summed E-state index contributed by atoms with van der Waals surface area (Å²) in [6.07, 6.45) is 0. The zero-order valence-corrected chi connectivity index (χ0v) is 15.7. The standard InChI is InChI=1S/C16H11Cl3N2O3S/c17-9-6-10(18)14(11(19)7-9)20-16(25)21-15(22)8-1-2-12-13(5-8)24-4-3-23-12/h1-2,5-7H,3-4H2,(H2,20,21,22,25). The summed E-state index contributed by atoms with van der Waals surface area (Å²) in [5.74, 6) is 0.709. The highest BCUT2D eigenvalue weighted by atomic mass is 35.5. The number of nitrogens with one attached hydrogen (secondary N) is 2. The van der Waals surface area contributed by atoms with E-state index in [1.165, 1.54) is 12.1 Å². The van der Waals surface area contributed by atoms with Gasteiger partial charge in [-0.05, 0) is 42.5 Å². The minimum absolute atomic E-state index is 0.0472. The first-order chi connectivity index (χ1) is 11.9. The maximum atomic E-state index is 12.3. The molecule has 0 aliphatic carbocycles. The van der Waals surface area contributed by atoms with Crippen LogP contribution in [0.3, 0.4) is 0 Å². The Morgan fingerprint density at radius 3 is 2.32 bits per heavy atom. The number of ether oxygens (including phenoxy) is 2. The summed E-state index contributed by atoms with van der Waals surface area (Å²) in [5, 5.41) is 6.36. The van der Waals surface area contributed by atoms with E-state index in [1.807, 2.05) is 0 Å². The molecule has 3 rings (SSSR count). The molecule has 1 aliphatic heterocycles. The molecule has 0 saturated carbocycles. The van der Waals surface area contributed by atoms with E-state index in [0.29, 0.717) is 41.0 Å². The zero-order chi connectivity index (χ0) is 18.0. The lowest BCUT2D eigenvalue weighted by atomic mass is 10.2. The predicted molar refractivity (Wildman–Crippen MR) is 103 cm³/mol. The molecule has 1 amide bonds. The smallest absolute Gasteiger partial charge is 0.257 e. The summed E-state index contributed by atoms with van der Waals surface area (Å²) >= 11 is 23.2. The van der Waals surface area contributed by atoms with Crippen LogP contribution in [0.1, 0.15) is 10.4 Å². The van der Waals surface area contributed by atoms with Crippen molar-refractivity contribution < 1.29 is 14.3 Å². The van der Waals surface area contributed by atoms with Crippen molar-refractivity contribution in [3.63, 3.8) is 0 Å². The summed E-state index contributed by atoms with van der Waals surface area (Å²) in [6.45, 7) is 0.917. The highest BCUT2D eigenvalue weighted by Gasteiger charge is 2.16. The maximum Gasteiger partial charge on any atom is 0.257 e. The SMILES string of the molecule is O=C(NC(=S)Nc1c(Cl)cc(Cl)cc1Cl)c1ccc2c(c1)OCCO2. The highest BCUT2D eigenvalue weighted by Crippen LogP contribution is 2.34. The van der Waals surface area contributed by atoms with Crippen LogP contribution in [0.15, 0.2) is 30.3 Å². The average molecular weight is 418 g/mol. The van der Waals surface area contributed by atoms with Gasteiger partial charge in [0.1, 0.15) is 13.2 Å². The quantitative estimate of drug-likeness (QED) is 0.702. The van der Waals surface area contributed by atoms with Crippen molar-refractivity contribution in [2.75, 3.05) is 18.5 Å². The van der Waals surface area contributed by atoms with Crippen molar-refractivity contribution in [2.45, 2.75) is 0 Å². The molecule has 1 aliphatic rings. The molecule has 0 spiro atoms. The van der Waals surface area contributed by atoms with Gasteiger partial charge in [-0.2, -0.15) is 0 Å². The number of anilines is 1. The van der Waals surface area contributed by atoms with Crippen LogP contribution >= 0.6 is 47.0 Å². The molecule has 0 fully saturated rings. The number of halogens is 3. The summed E-state index contributed by atoms with van der Waals surface area (Å²) in [4.78, 5) is 12.3. The number of carbonyl (C=O) groups is 1. The van der Waals surface area contributed by atoms with Gasteiger partial charge in [-0.1, -0.05) is 34.8 Å². The summed E-state index contributed by atoms with van der Waals surface area (Å²) in [5.41, 5.74) is 0.738. The monoisotopic (exact) mass is 416 g/mol. The zero-order valence-electron chi connectivity index (χ0n) is 12.6. The van der Waals surface area contributed by atoms with Gasteiger partial charge >= 0.3 is 0 Å². The number of hydrogen-bond donors (Lipinski definition) is 2. The minimum atomic E-state index is -0.407. The fraction of sp³-hybridized carbons (Fsp3) is 0.125. The summed E-state index contributed by atoms with van der Waals surface area (Å²) in [6, 6.07) is 7.92. The van der Waals surface area contributed by atoms with Gasteiger partial charge in [0.25, 0.3) is 5.91 Å². The molecular weight excluding hydrogens is 407 g/mol. The van der Waals surface area contributed by atoms with Crippen molar-refractivity contribution in [1.29, 1.82) is 0 Å². The van der Waals surface area contributed by atoms with E-state index in [9.17, 15) is 4.79 Å². The molecule has 9 heteroatoms. The first-order valence-corrected chi connectivity index (χ1v) is 8.65. The summed E-state index contributed by atoms with van der Waals surface area (Å²) < 4.78 is 10.9. The molecular formula is C16H11Cl3N2O3S. The van der Waals surface area contributed by atoms with Crippen LogP contribution in [-0.4, -0.2) is 24.2 Å². The molecule has 2 N–H and O–H groups in total. The van der Waals surface area contributed by atoms with Crippen LogP contribution < -0.4 is 20.1 Å². The molecule has 5 nitrogen and oxygen atoms in total. The topological polar surface area (TPSA) is 59.6 Å². The Balaban J connectivity index is 1.70. The third-order valence-corrected chi connectivity index (χ3v) is 4.30. The van der Waals surface area contributed by atoms with E-state index in [-0.39, 0.29) is 15.2 Å². The van der Waals surface area contributed by atoms with Gasteiger partial charge in [-0.15, -0.1) is 0 Å². The van der Waals surface area contributed by atoms with Crippen LogP contribution in [0, 0.1) is 0 Å². The second kappa shape index (κ2) is 7.66. The lowest BCUT2D eigenvalue weighted by molar-refractivity contribution is 0.0976. The Morgan fingerprint density at radius 2 is 1.64 bits per heavy atom. The third-order valence-electron chi connectivity index (χ3n) is 3.28. The van der Waals surface area contributed by atoms with Gasteiger partial charge in [0.15, 0.2) is 16.6 Å². The van der Waals surface area contributed by atoms with Gasteiger partial charge in [-0.25, -0.2) is 0 Å². The molecule has 1 heterocycles. The van der Waals surface area contributed by atoms with E-state index >= 15 is 0 Å². The Morgan fingerprint density at radius 1 is 1.00 bits per heavy atom. The minimum Gasteiger partial charge on any atom is -0.486 e. The van der Waals surface area contributed by atoms with Crippen LogP contribution in [0.4, 0.5) is 5.69 Å². The maximum absolute atomic E-state index is 12.3. The Bertz CT molecular complexity index is 838. The van der Waals surface area contributed by atoms with Gasteiger partial charge < -0.3 is 14.8 Å². The van der Waals surface area contributed by atoms with Gasteiger partial charge in [0.2, 0.25) is 0 Å². The number of rotatable bonds is 2. The van der Waals surface area contributed by atoms with Gasteiger partial charge in [0, 0.05) is 10.6 Å². The van der Waals surface area contributed by atoms with Crippen molar-refractivity contribution in [3.05, 3.63) is 51.0 Å². The molecule has 0 radical (unpaired) electrons. The van der Waals surface area contributed by atoms with Crippen molar-refractivity contribution >= 4 is 63.7 Å². The van der Waals surface area contributed by atoms with E-state index in [0.717, 1.165) is 0 Å². The molecule has 0 bridgehead atoms. The number of thiocarbonyl (C=S) groups is 1. The van der Waals surface area contributed by atoms with Crippen molar-refractivity contribution in [1.82, 2.24) is 5.32 Å². The third kappa shape index (κ3) is 4.27. The molecule has 0 saturated heterocycles. The molecule has 0 aromatic heterocycles. The van der Waals surface area contributed by atoms with E-state index in [1.54, 1.807) is 18.2 Å². The molecule has 2 aromatic carbocycles. The summed E-state index contributed by atoms with van der Waals surface area (Å²) in [7, 11) is 0. The Hall–Kier alpha value is -1.73. The van der Waals surface area contributed by atoms with Crippen molar-refractivity contribution in [2.24, 2.45) is 0 Å². The first kappa shape index (κ1) is 18.1. The lowest BCUT2D eigenvalue weighted by Gasteiger charge is -2.19. The van der Waals surface area contributed by atoms with E-state index in [4.69, 9.17) is 56.5 Å². The van der Waals surface area contributed by atoms with Crippen LogP contribution in [0.25, 0.3) is 0 Å². The number of fused-ring (bicyclic) bond motifs is 1. The first-order valence-electron chi connectivity index (χ1n) is 7.10. The predicted octanol–water partition coefficient (Wildman–Crippen LogP) is 4.54. The van der Waals surface area contributed by atoms with Crippen LogP contribution in [0.2, 0.25) is 15.1 Å². The molecule has 0 unspecified atom stereocenters. The fourth-order valence-electron chi connectivity index (χ4n) is 2.17. The number of benzene rings is 2.